The molecule has 0 aliphatic carbocycles. The van der Waals surface area contributed by atoms with Crippen LogP contribution in [0.5, 0.6) is 11.5 Å². The predicted octanol–water partition coefficient (Wildman–Crippen LogP) is 3.75. The standard InChI is InChI=1S/C23H39N3O4.HI/c1-7-24-22(25-14-16-9-8-10-30-21(16)23(2,3)4)26-15-20(27)17-11-18(28-5)13-19(12-17)29-6;/h11-13,16,20-21,27H,7-10,14-15H2,1-6H3,(H2,24,25,26);1H. The molecule has 0 amide bonds. The topological polar surface area (TPSA) is 84.3 Å². The average molecular weight is 549 g/mol. The van der Waals surface area contributed by atoms with Gasteiger partial charge in [0.1, 0.15) is 11.5 Å². The molecule has 1 aliphatic rings. The van der Waals surface area contributed by atoms with Gasteiger partial charge in [0.2, 0.25) is 0 Å². The molecule has 0 radical (unpaired) electrons. The molecule has 0 spiro atoms. The number of rotatable bonds is 8. The fourth-order valence-corrected chi connectivity index (χ4v) is 3.88. The first kappa shape index (κ1) is 27.8. The normalized spacial score (nSPS) is 20.4. The van der Waals surface area contributed by atoms with Crippen LogP contribution < -0.4 is 20.1 Å². The van der Waals surface area contributed by atoms with Gasteiger partial charge in [0.25, 0.3) is 0 Å². The summed E-state index contributed by atoms with van der Waals surface area (Å²) >= 11 is 0. The van der Waals surface area contributed by atoms with Gasteiger partial charge in [0.05, 0.1) is 33.0 Å². The zero-order chi connectivity index (χ0) is 22.1. The van der Waals surface area contributed by atoms with E-state index < -0.39 is 6.10 Å². The van der Waals surface area contributed by atoms with E-state index in [1.165, 1.54) is 0 Å². The molecule has 0 aromatic heterocycles. The Morgan fingerprint density at radius 3 is 2.39 bits per heavy atom. The number of aliphatic hydroxyl groups excluding tert-OH is 1. The third kappa shape index (κ3) is 8.65. The van der Waals surface area contributed by atoms with Gasteiger partial charge in [-0.2, -0.15) is 0 Å². The van der Waals surface area contributed by atoms with Crippen molar-refractivity contribution < 1.29 is 19.3 Å². The minimum Gasteiger partial charge on any atom is -0.497 e. The van der Waals surface area contributed by atoms with Crippen molar-refractivity contribution in [1.82, 2.24) is 10.6 Å². The first-order valence-corrected chi connectivity index (χ1v) is 10.8. The molecule has 1 fully saturated rings. The van der Waals surface area contributed by atoms with E-state index in [-0.39, 0.29) is 42.0 Å². The van der Waals surface area contributed by atoms with E-state index >= 15 is 0 Å². The number of aliphatic imine (C=N–C) groups is 1. The number of hydrogen-bond donors (Lipinski definition) is 3. The third-order valence-corrected chi connectivity index (χ3v) is 5.36. The molecule has 0 bridgehead atoms. The van der Waals surface area contributed by atoms with Crippen molar-refractivity contribution in [2.45, 2.75) is 52.7 Å². The van der Waals surface area contributed by atoms with Crippen molar-refractivity contribution in [1.29, 1.82) is 0 Å². The molecule has 2 rings (SSSR count). The minimum atomic E-state index is -0.759. The van der Waals surface area contributed by atoms with Crippen LogP contribution in [0.3, 0.4) is 0 Å². The highest BCUT2D eigenvalue weighted by molar-refractivity contribution is 14.0. The monoisotopic (exact) mass is 549 g/mol. The van der Waals surface area contributed by atoms with Gasteiger partial charge in [0, 0.05) is 31.7 Å². The molecule has 7 nitrogen and oxygen atoms in total. The third-order valence-electron chi connectivity index (χ3n) is 5.36. The van der Waals surface area contributed by atoms with E-state index in [1.807, 2.05) is 6.92 Å². The Morgan fingerprint density at radius 1 is 1.19 bits per heavy atom. The van der Waals surface area contributed by atoms with Gasteiger partial charge in [-0.15, -0.1) is 24.0 Å². The SMILES string of the molecule is CCNC(=NCC(O)c1cc(OC)cc(OC)c1)NCC1CCCOC1C(C)(C)C.I. The van der Waals surface area contributed by atoms with Crippen LogP contribution >= 0.6 is 24.0 Å². The Bertz CT molecular complexity index is 672. The number of methoxy groups -OCH3 is 2. The van der Waals surface area contributed by atoms with Gasteiger partial charge in [-0.3, -0.25) is 4.99 Å². The van der Waals surface area contributed by atoms with E-state index in [4.69, 9.17) is 14.2 Å². The maximum Gasteiger partial charge on any atom is 0.191 e. The molecule has 1 heterocycles. The van der Waals surface area contributed by atoms with Crippen LogP contribution in [0, 0.1) is 11.3 Å². The molecular weight excluding hydrogens is 509 g/mol. The van der Waals surface area contributed by atoms with Gasteiger partial charge in [-0.05, 0) is 42.9 Å². The summed E-state index contributed by atoms with van der Waals surface area (Å²) in [6.45, 7) is 11.3. The average Bonchev–Trinajstić information content (AvgIpc) is 2.74. The Morgan fingerprint density at radius 2 is 1.84 bits per heavy atom. The highest BCUT2D eigenvalue weighted by atomic mass is 127. The molecule has 3 N–H and O–H groups in total. The molecule has 8 heteroatoms. The first-order chi connectivity index (χ1) is 14.3. The smallest absolute Gasteiger partial charge is 0.191 e. The molecule has 1 saturated heterocycles. The van der Waals surface area contributed by atoms with Crippen LogP contribution in [-0.4, -0.2) is 57.6 Å². The Kier molecular flexibility index (Phi) is 11.9. The number of benzene rings is 1. The lowest BCUT2D eigenvalue weighted by atomic mass is 9.78. The summed E-state index contributed by atoms with van der Waals surface area (Å²) < 4.78 is 16.7. The fraction of sp³-hybridized carbons (Fsp3) is 0.696. The zero-order valence-electron chi connectivity index (χ0n) is 19.7. The fourth-order valence-electron chi connectivity index (χ4n) is 3.88. The predicted molar refractivity (Wildman–Crippen MR) is 136 cm³/mol. The number of nitrogens with one attached hydrogen (secondary N) is 2. The zero-order valence-corrected chi connectivity index (χ0v) is 22.1. The van der Waals surface area contributed by atoms with Gasteiger partial charge >= 0.3 is 0 Å². The lowest BCUT2D eigenvalue weighted by Crippen LogP contribution is -2.47. The van der Waals surface area contributed by atoms with Crippen molar-refractivity contribution in [3.63, 3.8) is 0 Å². The Balaban J connectivity index is 0.00000480. The second-order valence-electron chi connectivity index (χ2n) is 8.82. The van der Waals surface area contributed by atoms with Crippen molar-refractivity contribution in [3.8, 4) is 11.5 Å². The molecule has 31 heavy (non-hydrogen) atoms. The summed E-state index contributed by atoms with van der Waals surface area (Å²) in [6.07, 6.45) is 1.69. The minimum absolute atomic E-state index is 0. The lowest BCUT2D eigenvalue weighted by Gasteiger charge is -2.40. The van der Waals surface area contributed by atoms with Crippen LogP contribution in [0.15, 0.2) is 23.2 Å². The number of guanidine groups is 1. The summed E-state index contributed by atoms with van der Waals surface area (Å²) in [4.78, 5) is 4.59. The second kappa shape index (κ2) is 13.3. The van der Waals surface area contributed by atoms with Crippen molar-refractivity contribution in [2.75, 3.05) is 40.5 Å². The molecule has 1 aliphatic heterocycles. The van der Waals surface area contributed by atoms with Crippen LogP contribution in [0.2, 0.25) is 0 Å². The van der Waals surface area contributed by atoms with Crippen LogP contribution in [0.1, 0.15) is 52.2 Å². The molecule has 178 valence electrons. The maximum atomic E-state index is 10.6. The van der Waals surface area contributed by atoms with Crippen molar-refractivity contribution in [2.24, 2.45) is 16.3 Å². The summed E-state index contributed by atoms with van der Waals surface area (Å²) in [5, 5.41) is 17.4. The number of ether oxygens (including phenoxy) is 3. The number of halogens is 1. The van der Waals surface area contributed by atoms with E-state index in [2.05, 4.69) is 36.4 Å². The summed E-state index contributed by atoms with van der Waals surface area (Å²) in [5.74, 6) is 2.41. The summed E-state index contributed by atoms with van der Waals surface area (Å²) in [7, 11) is 3.19. The van der Waals surface area contributed by atoms with Crippen molar-refractivity contribution >= 4 is 29.9 Å². The van der Waals surface area contributed by atoms with Gasteiger partial charge in [-0.25, -0.2) is 0 Å². The molecule has 1 aromatic rings. The molecule has 0 saturated carbocycles. The quantitative estimate of drug-likeness (QED) is 0.260. The van der Waals surface area contributed by atoms with Gasteiger partial charge < -0.3 is 30.0 Å². The van der Waals surface area contributed by atoms with Crippen LogP contribution in [0.4, 0.5) is 0 Å². The van der Waals surface area contributed by atoms with Crippen molar-refractivity contribution in [3.05, 3.63) is 23.8 Å². The number of nitrogens with zero attached hydrogens (tertiary/aromatic N) is 1. The van der Waals surface area contributed by atoms with Crippen LogP contribution in [-0.2, 0) is 4.74 Å². The number of hydrogen-bond acceptors (Lipinski definition) is 5. The molecule has 3 unspecified atom stereocenters. The lowest BCUT2D eigenvalue weighted by molar-refractivity contribution is -0.0835. The summed E-state index contributed by atoms with van der Waals surface area (Å²) in [6, 6.07) is 5.38. The first-order valence-electron chi connectivity index (χ1n) is 10.8. The molecule has 1 aromatic carbocycles. The second-order valence-corrected chi connectivity index (χ2v) is 8.82. The van der Waals surface area contributed by atoms with E-state index in [1.54, 1.807) is 32.4 Å². The molecular formula is C23H40IN3O4. The Labute approximate surface area is 204 Å². The summed E-state index contributed by atoms with van der Waals surface area (Å²) in [5.41, 5.74) is 0.809. The van der Waals surface area contributed by atoms with Gasteiger partial charge in [0.15, 0.2) is 5.96 Å². The highest BCUT2D eigenvalue weighted by Gasteiger charge is 2.35. The largest absolute Gasteiger partial charge is 0.497 e. The van der Waals surface area contributed by atoms with E-state index in [9.17, 15) is 5.11 Å². The van der Waals surface area contributed by atoms with Crippen LogP contribution in [0.25, 0.3) is 0 Å². The molecule has 3 atom stereocenters. The maximum absolute atomic E-state index is 10.6. The highest BCUT2D eigenvalue weighted by Crippen LogP contribution is 2.33. The van der Waals surface area contributed by atoms with E-state index in [0.29, 0.717) is 28.9 Å². The Hall–Kier alpha value is -1.26. The number of aliphatic hydroxyl groups is 1. The van der Waals surface area contributed by atoms with Gasteiger partial charge in [-0.1, -0.05) is 20.8 Å². The van der Waals surface area contributed by atoms with E-state index in [0.717, 1.165) is 32.5 Å².